The van der Waals surface area contributed by atoms with E-state index in [4.69, 9.17) is 4.74 Å². The number of hydrogen-bond donors (Lipinski definition) is 1. The van der Waals surface area contributed by atoms with Gasteiger partial charge in [-0.25, -0.2) is 9.18 Å². The van der Waals surface area contributed by atoms with E-state index in [-0.39, 0.29) is 12.0 Å². The molecule has 0 aromatic carbocycles. The van der Waals surface area contributed by atoms with Crippen LogP contribution < -0.4 is 0 Å². The Morgan fingerprint density at radius 3 is 2.50 bits per heavy atom. The summed E-state index contributed by atoms with van der Waals surface area (Å²) in [6.07, 6.45) is 4.23. The number of carbonyl (C=O) groups is 1. The summed E-state index contributed by atoms with van der Waals surface area (Å²) in [6.45, 7) is 1.49. The number of rotatable bonds is 3. The maximum atomic E-state index is 12.8. The summed E-state index contributed by atoms with van der Waals surface area (Å²) < 4.78 is 17.9. The smallest absolute Gasteiger partial charge is 0.340 e. The third-order valence-corrected chi connectivity index (χ3v) is 5.00. The molecule has 3 nitrogen and oxygen atoms in total. The first-order chi connectivity index (χ1) is 8.40. The van der Waals surface area contributed by atoms with Gasteiger partial charge in [0.05, 0.1) is 12.2 Å². The van der Waals surface area contributed by atoms with Crippen molar-refractivity contribution in [3.8, 4) is 0 Å². The predicted octanol–water partition coefficient (Wildman–Crippen LogP) is 2.22. The Bertz CT molecular complexity index is 352. The van der Waals surface area contributed by atoms with Crippen molar-refractivity contribution in [1.82, 2.24) is 0 Å². The molecule has 4 aliphatic carbocycles. The number of halogens is 1. The van der Waals surface area contributed by atoms with Crippen LogP contribution >= 0.6 is 0 Å². The van der Waals surface area contributed by atoms with Gasteiger partial charge in [-0.1, -0.05) is 0 Å². The van der Waals surface area contributed by atoms with Gasteiger partial charge in [0, 0.05) is 5.41 Å². The maximum absolute atomic E-state index is 12.8. The van der Waals surface area contributed by atoms with Gasteiger partial charge >= 0.3 is 5.97 Å². The molecule has 0 radical (unpaired) electrons. The third-order valence-electron chi connectivity index (χ3n) is 5.00. The van der Waals surface area contributed by atoms with Crippen LogP contribution in [0, 0.1) is 17.3 Å². The van der Waals surface area contributed by atoms with Crippen molar-refractivity contribution in [2.45, 2.75) is 57.2 Å². The average Bonchev–Trinajstić information content (AvgIpc) is 2.22. The van der Waals surface area contributed by atoms with Gasteiger partial charge in [0.2, 0.25) is 0 Å². The molecule has 4 aliphatic rings. The summed E-state index contributed by atoms with van der Waals surface area (Å²) in [6, 6.07) is 0. The summed E-state index contributed by atoms with van der Waals surface area (Å²) in [4.78, 5) is 11.3. The standard InChI is InChI=1S/C14H21FO3/c1-9(15)12(16)18-8-13-3-10-2-11(4-13)6-14(17,5-10)7-13/h9-11,17H,2-8H2,1H3. The van der Waals surface area contributed by atoms with Crippen LogP contribution in [-0.4, -0.2) is 29.5 Å². The minimum Gasteiger partial charge on any atom is -0.463 e. The van der Waals surface area contributed by atoms with Crippen LogP contribution in [0.4, 0.5) is 4.39 Å². The highest BCUT2D eigenvalue weighted by atomic mass is 19.1. The minimum absolute atomic E-state index is 0.0800. The Balaban J connectivity index is 1.70. The summed E-state index contributed by atoms with van der Waals surface area (Å²) in [5, 5.41) is 10.5. The molecule has 0 aromatic heterocycles. The number of esters is 1. The molecule has 3 atom stereocenters. The Hall–Kier alpha value is -0.640. The van der Waals surface area contributed by atoms with E-state index in [1.807, 2.05) is 0 Å². The molecular formula is C14H21FO3. The number of aliphatic hydroxyl groups is 1. The average molecular weight is 256 g/mol. The lowest BCUT2D eigenvalue weighted by Gasteiger charge is -2.59. The summed E-state index contributed by atoms with van der Waals surface area (Å²) in [5.41, 5.74) is -0.624. The number of hydrogen-bond acceptors (Lipinski definition) is 3. The highest BCUT2D eigenvalue weighted by molar-refractivity contribution is 5.73. The monoisotopic (exact) mass is 256 g/mol. The lowest BCUT2D eigenvalue weighted by molar-refractivity contribution is -0.188. The largest absolute Gasteiger partial charge is 0.463 e. The van der Waals surface area contributed by atoms with Crippen molar-refractivity contribution < 1.29 is 19.0 Å². The summed E-state index contributed by atoms with van der Waals surface area (Å²) in [5.74, 6) is 0.369. The van der Waals surface area contributed by atoms with Crippen molar-refractivity contribution in [3.63, 3.8) is 0 Å². The molecule has 4 fully saturated rings. The first-order valence-corrected chi connectivity index (χ1v) is 6.93. The molecule has 18 heavy (non-hydrogen) atoms. The zero-order chi connectivity index (χ0) is 13.0. The second-order valence-corrected chi connectivity index (χ2v) is 6.91. The molecule has 0 aliphatic heterocycles. The SMILES string of the molecule is CC(F)C(=O)OCC12CC3CC(CC(O)(C3)C1)C2. The third kappa shape index (κ3) is 2.04. The number of ether oxygens (including phenoxy) is 1. The molecule has 0 spiro atoms. The molecule has 4 heteroatoms. The van der Waals surface area contributed by atoms with E-state index < -0.39 is 17.7 Å². The topological polar surface area (TPSA) is 46.5 Å². The Kier molecular flexibility index (Phi) is 2.70. The molecule has 0 amide bonds. The van der Waals surface area contributed by atoms with Crippen molar-refractivity contribution in [3.05, 3.63) is 0 Å². The highest BCUT2D eigenvalue weighted by Crippen LogP contribution is 2.61. The van der Waals surface area contributed by atoms with Crippen LogP contribution in [0.15, 0.2) is 0 Å². The van der Waals surface area contributed by atoms with Gasteiger partial charge in [0.1, 0.15) is 0 Å². The van der Waals surface area contributed by atoms with Crippen LogP contribution in [0.25, 0.3) is 0 Å². The van der Waals surface area contributed by atoms with E-state index in [0.717, 1.165) is 32.1 Å². The molecule has 0 saturated heterocycles. The van der Waals surface area contributed by atoms with Gasteiger partial charge < -0.3 is 9.84 Å². The number of alkyl halides is 1. The lowest BCUT2D eigenvalue weighted by atomic mass is 9.48. The quantitative estimate of drug-likeness (QED) is 0.788. The molecule has 102 valence electrons. The fourth-order valence-corrected chi connectivity index (χ4v) is 4.91. The summed E-state index contributed by atoms with van der Waals surface area (Å²) in [7, 11) is 0. The lowest BCUT2D eigenvalue weighted by Crippen LogP contribution is -2.57. The van der Waals surface area contributed by atoms with E-state index in [1.165, 1.54) is 13.3 Å². The van der Waals surface area contributed by atoms with Crippen LogP contribution in [-0.2, 0) is 9.53 Å². The van der Waals surface area contributed by atoms with Gasteiger partial charge in [-0.2, -0.15) is 0 Å². The van der Waals surface area contributed by atoms with Crippen LogP contribution in [0.2, 0.25) is 0 Å². The fourth-order valence-electron chi connectivity index (χ4n) is 4.91. The Labute approximate surface area is 107 Å². The van der Waals surface area contributed by atoms with Crippen LogP contribution in [0.5, 0.6) is 0 Å². The molecule has 1 N–H and O–H groups in total. The molecule has 3 unspecified atom stereocenters. The zero-order valence-electron chi connectivity index (χ0n) is 10.8. The predicted molar refractivity (Wildman–Crippen MR) is 63.6 cm³/mol. The maximum Gasteiger partial charge on any atom is 0.340 e. The molecule has 4 saturated carbocycles. The second-order valence-electron chi connectivity index (χ2n) is 6.91. The first kappa shape index (κ1) is 12.4. The highest BCUT2D eigenvalue weighted by Gasteiger charge is 2.57. The normalized spacial score (nSPS) is 47.1. The second kappa shape index (κ2) is 3.92. The molecular weight excluding hydrogens is 235 g/mol. The van der Waals surface area contributed by atoms with Crippen LogP contribution in [0.1, 0.15) is 45.4 Å². The molecule has 4 bridgehead atoms. The van der Waals surface area contributed by atoms with Gasteiger partial charge in [0.15, 0.2) is 6.17 Å². The van der Waals surface area contributed by atoms with Gasteiger partial charge in [-0.05, 0) is 57.3 Å². The van der Waals surface area contributed by atoms with E-state index in [9.17, 15) is 14.3 Å². The van der Waals surface area contributed by atoms with Crippen molar-refractivity contribution in [1.29, 1.82) is 0 Å². The molecule has 4 rings (SSSR count). The zero-order valence-corrected chi connectivity index (χ0v) is 10.8. The van der Waals surface area contributed by atoms with Crippen molar-refractivity contribution >= 4 is 5.97 Å². The molecule has 0 aromatic rings. The van der Waals surface area contributed by atoms with Gasteiger partial charge in [0.25, 0.3) is 0 Å². The van der Waals surface area contributed by atoms with E-state index in [2.05, 4.69) is 0 Å². The van der Waals surface area contributed by atoms with E-state index >= 15 is 0 Å². The van der Waals surface area contributed by atoms with Gasteiger partial charge in [-0.3, -0.25) is 0 Å². The number of carbonyl (C=O) groups excluding carboxylic acids is 1. The first-order valence-electron chi connectivity index (χ1n) is 6.93. The summed E-state index contributed by atoms with van der Waals surface area (Å²) >= 11 is 0. The van der Waals surface area contributed by atoms with Crippen molar-refractivity contribution in [2.24, 2.45) is 17.3 Å². The van der Waals surface area contributed by atoms with Crippen LogP contribution in [0.3, 0.4) is 0 Å². The Morgan fingerprint density at radius 1 is 1.39 bits per heavy atom. The van der Waals surface area contributed by atoms with Gasteiger partial charge in [-0.15, -0.1) is 0 Å². The van der Waals surface area contributed by atoms with Crippen molar-refractivity contribution in [2.75, 3.05) is 6.61 Å². The Morgan fingerprint density at radius 2 is 2.00 bits per heavy atom. The molecule has 0 heterocycles. The minimum atomic E-state index is -1.55. The van der Waals surface area contributed by atoms with E-state index in [0.29, 0.717) is 11.8 Å². The fraction of sp³-hybridized carbons (Fsp3) is 0.929. The van der Waals surface area contributed by atoms with E-state index in [1.54, 1.807) is 0 Å².